The molecule has 1 rings (SSSR count). The Morgan fingerprint density at radius 1 is 1.24 bits per heavy atom. The van der Waals surface area contributed by atoms with Gasteiger partial charge in [0.15, 0.2) is 0 Å². The van der Waals surface area contributed by atoms with Crippen LogP contribution in [-0.2, 0) is 0 Å². The molecule has 0 unspecified atom stereocenters. The van der Waals surface area contributed by atoms with Crippen molar-refractivity contribution in [3.63, 3.8) is 0 Å². The minimum Gasteiger partial charge on any atom is -0.490 e. The molecule has 6 heteroatoms. The number of nitrogens with zero attached hydrogens (tertiary/aromatic N) is 3. The molecule has 0 aliphatic heterocycles. The molecule has 0 aliphatic carbocycles. The molecule has 0 spiro atoms. The second kappa shape index (κ2) is 11.3. The van der Waals surface area contributed by atoms with Crippen LogP contribution in [-0.4, -0.2) is 61.2 Å². The van der Waals surface area contributed by atoms with Crippen LogP contribution in [0.4, 0.5) is 4.79 Å². The van der Waals surface area contributed by atoms with Gasteiger partial charge in [-0.2, -0.15) is 5.26 Å². The molecule has 0 aliphatic rings. The van der Waals surface area contributed by atoms with Gasteiger partial charge in [0.2, 0.25) is 0 Å². The summed E-state index contributed by atoms with van der Waals surface area (Å²) in [7, 11) is 0. The van der Waals surface area contributed by atoms with E-state index >= 15 is 0 Å². The lowest BCUT2D eigenvalue weighted by Gasteiger charge is -2.27. The van der Waals surface area contributed by atoms with E-state index in [9.17, 15) is 4.79 Å². The fourth-order valence-electron chi connectivity index (χ4n) is 2.50. The highest BCUT2D eigenvalue weighted by atomic mass is 16.5. The molecule has 0 bridgehead atoms. The molecule has 0 aromatic heterocycles. The molecule has 0 fully saturated rings. The zero-order valence-corrected chi connectivity index (χ0v) is 15.8. The van der Waals surface area contributed by atoms with Crippen LogP contribution in [0, 0.1) is 11.3 Å². The highest BCUT2D eigenvalue weighted by Crippen LogP contribution is 2.16. The maximum Gasteiger partial charge on any atom is 0.317 e. The Hall–Kier alpha value is -2.26. The van der Waals surface area contributed by atoms with Crippen molar-refractivity contribution in [1.82, 2.24) is 15.1 Å². The number of hydrogen-bond acceptors (Lipinski definition) is 4. The van der Waals surface area contributed by atoms with E-state index in [2.05, 4.69) is 30.1 Å². The fraction of sp³-hybridized carbons (Fsp3) is 0.579. The predicted molar refractivity (Wildman–Crippen MR) is 99.7 cm³/mol. The van der Waals surface area contributed by atoms with E-state index in [-0.39, 0.29) is 12.1 Å². The van der Waals surface area contributed by atoms with Crippen LogP contribution in [0.2, 0.25) is 0 Å². The Balaban J connectivity index is 2.48. The van der Waals surface area contributed by atoms with Gasteiger partial charge in [-0.25, -0.2) is 4.79 Å². The van der Waals surface area contributed by atoms with Crippen LogP contribution in [0.25, 0.3) is 0 Å². The molecule has 1 aromatic carbocycles. The number of para-hydroxylation sites is 1. The van der Waals surface area contributed by atoms with Gasteiger partial charge in [0.05, 0.1) is 12.1 Å². The van der Waals surface area contributed by atoms with Crippen LogP contribution in [0.3, 0.4) is 0 Å². The van der Waals surface area contributed by atoms with Crippen molar-refractivity contribution in [3.8, 4) is 11.8 Å². The average molecular weight is 346 g/mol. The minimum atomic E-state index is -0.0840. The highest BCUT2D eigenvalue weighted by Gasteiger charge is 2.17. The van der Waals surface area contributed by atoms with E-state index in [1.807, 2.05) is 19.9 Å². The third-order valence-corrected chi connectivity index (χ3v) is 4.08. The van der Waals surface area contributed by atoms with Crippen molar-refractivity contribution in [3.05, 3.63) is 29.8 Å². The normalized spacial score (nSPS) is 10.6. The van der Waals surface area contributed by atoms with E-state index < -0.39 is 0 Å². The summed E-state index contributed by atoms with van der Waals surface area (Å²) in [6, 6.07) is 9.21. The first-order valence-electron chi connectivity index (χ1n) is 8.92. The summed E-state index contributed by atoms with van der Waals surface area (Å²) in [5.41, 5.74) is 0.502. The number of ether oxygens (including phenoxy) is 1. The molecule has 0 heterocycles. The number of carbonyl (C=O) groups excluding carboxylic acids is 1. The average Bonchev–Trinajstić information content (AvgIpc) is 2.62. The largest absolute Gasteiger partial charge is 0.490 e. The van der Waals surface area contributed by atoms with Crippen molar-refractivity contribution < 1.29 is 9.53 Å². The number of amides is 2. The highest BCUT2D eigenvalue weighted by molar-refractivity contribution is 5.74. The molecule has 0 saturated heterocycles. The standard InChI is InChI=1S/C19H30N4O2/c1-5-22(6-2)12-11-21-19(24)23(16(3)4)13-14-25-18-10-8-7-9-17(18)15-20/h7-10,16H,5-6,11-14H2,1-4H3,(H,21,24). The lowest BCUT2D eigenvalue weighted by molar-refractivity contribution is 0.165. The fourth-order valence-corrected chi connectivity index (χ4v) is 2.50. The molecule has 6 nitrogen and oxygen atoms in total. The number of nitriles is 1. The van der Waals surface area contributed by atoms with Gasteiger partial charge >= 0.3 is 6.03 Å². The first kappa shape index (κ1) is 20.8. The number of nitrogens with one attached hydrogen (secondary N) is 1. The quantitative estimate of drug-likeness (QED) is 0.707. The van der Waals surface area contributed by atoms with Crippen molar-refractivity contribution in [2.24, 2.45) is 0 Å². The maximum absolute atomic E-state index is 12.4. The van der Waals surface area contributed by atoms with E-state index in [4.69, 9.17) is 10.00 Å². The Morgan fingerprint density at radius 2 is 1.92 bits per heavy atom. The van der Waals surface area contributed by atoms with Gasteiger partial charge in [0, 0.05) is 19.1 Å². The van der Waals surface area contributed by atoms with Crippen molar-refractivity contribution in [2.45, 2.75) is 33.7 Å². The van der Waals surface area contributed by atoms with Gasteiger partial charge in [0.25, 0.3) is 0 Å². The molecule has 0 atom stereocenters. The maximum atomic E-state index is 12.4. The summed E-state index contributed by atoms with van der Waals surface area (Å²) in [4.78, 5) is 16.4. The van der Waals surface area contributed by atoms with Crippen LogP contribution in [0.15, 0.2) is 24.3 Å². The molecule has 138 valence electrons. The van der Waals surface area contributed by atoms with Crippen LogP contribution >= 0.6 is 0 Å². The van der Waals surface area contributed by atoms with Crippen molar-refractivity contribution in [2.75, 3.05) is 39.3 Å². The van der Waals surface area contributed by atoms with Gasteiger partial charge in [-0.05, 0) is 39.1 Å². The van der Waals surface area contributed by atoms with Crippen molar-refractivity contribution >= 4 is 6.03 Å². The number of carbonyl (C=O) groups is 1. The van der Waals surface area contributed by atoms with Crippen LogP contribution < -0.4 is 10.1 Å². The number of likely N-dealkylation sites (N-methyl/N-ethyl adjacent to an activating group) is 1. The smallest absolute Gasteiger partial charge is 0.317 e. The van der Waals surface area contributed by atoms with E-state index in [0.29, 0.717) is 31.0 Å². The zero-order chi connectivity index (χ0) is 18.7. The number of benzene rings is 1. The monoisotopic (exact) mass is 346 g/mol. The molecule has 0 saturated carbocycles. The molecule has 1 aromatic rings. The van der Waals surface area contributed by atoms with E-state index in [0.717, 1.165) is 19.6 Å². The molecule has 0 radical (unpaired) electrons. The second-order valence-corrected chi connectivity index (χ2v) is 6.00. The van der Waals surface area contributed by atoms with Gasteiger partial charge < -0.3 is 19.9 Å². The van der Waals surface area contributed by atoms with Gasteiger partial charge in [0.1, 0.15) is 18.4 Å². The number of hydrogen-bond donors (Lipinski definition) is 1. The lowest BCUT2D eigenvalue weighted by atomic mass is 10.2. The lowest BCUT2D eigenvalue weighted by Crippen LogP contribution is -2.47. The number of urea groups is 1. The Bertz CT molecular complexity index is 565. The Morgan fingerprint density at radius 3 is 2.52 bits per heavy atom. The van der Waals surface area contributed by atoms with Gasteiger partial charge in [-0.15, -0.1) is 0 Å². The zero-order valence-electron chi connectivity index (χ0n) is 15.8. The van der Waals surface area contributed by atoms with Crippen LogP contribution in [0.1, 0.15) is 33.3 Å². The molecule has 2 amide bonds. The summed E-state index contributed by atoms with van der Waals surface area (Å²) < 4.78 is 5.68. The second-order valence-electron chi connectivity index (χ2n) is 6.00. The summed E-state index contributed by atoms with van der Waals surface area (Å²) in [6.07, 6.45) is 0. The summed E-state index contributed by atoms with van der Waals surface area (Å²) >= 11 is 0. The third kappa shape index (κ3) is 7.02. The summed E-state index contributed by atoms with van der Waals surface area (Å²) in [5, 5.41) is 12.0. The first-order valence-corrected chi connectivity index (χ1v) is 8.92. The van der Waals surface area contributed by atoms with Crippen LogP contribution in [0.5, 0.6) is 5.75 Å². The predicted octanol–water partition coefficient (Wildman–Crippen LogP) is 2.70. The molecule has 25 heavy (non-hydrogen) atoms. The summed E-state index contributed by atoms with van der Waals surface area (Å²) in [5.74, 6) is 0.552. The van der Waals surface area contributed by atoms with Gasteiger partial charge in [-0.1, -0.05) is 26.0 Å². The third-order valence-electron chi connectivity index (χ3n) is 4.08. The Kier molecular flexibility index (Phi) is 9.41. The first-order chi connectivity index (χ1) is 12.0. The molecular formula is C19H30N4O2. The van der Waals surface area contributed by atoms with E-state index in [1.165, 1.54) is 0 Å². The molecular weight excluding hydrogens is 316 g/mol. The molecule has 1 N–H and O–H groups in total. The number of rotatable bonds is 10. The summed E-state index contributed by atoms with van der Waals surface area (Å²) in [6.45, 7) is 12.4. The topological polar surface area (TPSA) is 68.6 Å². The SMILES string of the molecule is CCN(CC)CCNC(=O)N(CCOc1ccccc1C#N)C(C)C. The van der Waals surface area contributed by atoms with E-state index in [1.54, 1.807) is 23.1 Å². The van der Waals surface area contributed by atoms with Crippen molar-refractivity contribution in [1.29, 1.82) is 5.26 Å². The van der Waals surface area contributed by atoms with Gasteiger partial charge in [-0.3, -0.25) is 0 Å². The minimum absolute atomic E-state index is 0.0725. The Labute approximate surface area is 151 Å².